The zero-order valence-electron chi connectivity index (χ0n) is 13.2. The van der Waals surface area contributed by atoms with E-state index in [1.54, 1.807) is 36.0 Å². The van der Waals surface area contributed by atoms with E-state index in [0.717, 1.165) is 21.8 Å². The molecule has 1 N–H and O–H groups in total. The monoisotopic (exact) mass is 353 g/mol. The third-order valence-corrected chi connectivity index (χ3v) is 6.04. The van der Waals surface area contributed by atoms with Crippen molar-refractivity contribution >= 4 is 21.8 Å². The molecule has 2 aromatic rings. The summed E-state index contributed by atoms with van der Waals surface area (Å²) in [5.74, 6) is 0.511. The zero-order chi connectivity index (χ0) is 16.9. The van der Waals surface area contributed by atoms with Crippen molar-refractivity contribution in [3.63, 3.8) is 0 Å². The summed E-state index contributed by atoms with van der Waals surface area (Å²) in [5.41, 5.74) is 2.03. The maximum absolute atomic E-state index is 12.8. The molecule has 2 rings (SSSR count). The van der Waals surface area contributed by atoms with Gasteiger partial charge >= 0.3 is 0 Å². The van der Waals surface area contributed by atoms with Gasteiger partial charge in [-0.3, -0.25) is 0 Å². The lowest BCUT2D eigenvalue weighted by molar-refractivity contribution is 0.581. The molecule has 0 saturated heterocycles. The van der Waals surface area contributed by atoms with E-state index in [1.807, 2.05) is 19.9 Å². The minimum atomic E-state index is -3.46. The van der Waals surface area contributed by atoms with E-state index in [1.165, 1.54) is 12.1 Å². The Bertz CT molecular complexity index is 759. The van der Waals surface area contributed by atoms with Gasteiger partial charge in [0, 0.05) is 11.4 Å². The lowest BCUT2D eigenvalue weighted by atomic mass is 10.1. The molecule has 0 radical (unpaired) electrons. The number of benzene rings is 2. The summed E-state index contributed by atoms with van der Waals surface area (Å²) >= 11 is 1.58. The predicted molar refractivity (Wildman–Crippen MR) is 92.8 cm³/mol. The molecule has 0 spiro atoms. The van der Waals surface area contributed by atoms with Crippen LogP contribution in [0.15, 0.2) is 52.3 Å². The molecule has 2 aromatic carbocycles. The van der Waals surface area contributed by atoms with Crippen LogP contribution in [0.1, 0.15) is 17.5 Å². The van der Waals surface area contributed by atoms with Crippen LogP contribution in [0.25, 0.3) is 0 Å². The van der Waals surface area contributed by atoms with Gasteiger partial charge in [0.05, 0.1) is 4.90 Å². The molecule has 23 heavy (non-hydrogen) atoms. The van der Waals surface area contributed by atoms with E-state index in [2.05, 4.69) is 4.72 Å². The summed E-state index contributed by atoms with van der Waals surface area (Å²) in [5, 5.41) is 0. The first-order chi connectivity index (χ1) is 10.9. The van der Waals surface area contributed by atoms with Gasteiger partial charge in [-0.25, -0.2) is 17.5 Å². The van der Waals surface area contributed by atoms with Crippen molar-refractivity contribution in [2.75, 3.05) is 12.3 Å². The molecule has 0 heterocycles. The molecule has 6 heteroatoms. The fourth-order valence-corrected chi connectivity index (χ4v) is 3.98. The van der Waals surface area contributed by atoms with Gasteiger partial charge in [-0.2, -0.15) is 0 Å². The standard InChI is InChI=1S/C17H20FNO2S2/c1-13-4-9-17(12-14(13)2)23(20,21)19-10-3-11-22-16-7-5-15(18)6-8-16/h4-9,12,19H,3,10-11H2,1-2H3. The van der Waals surface area contributed by atoms with Crippen LogP contribution < -0.4 is 4.72 Å². The lowest BCUT2D eigenvalue weighted by Gasteiger charge is -2.08. The van der Waals surface area contributed by atoms with E-state index in [-0.39, 0.29) is 5.82 Å². The largest absolute Gasteiger partial charge is 0.240 e. The minimum Gasteiger partial charge on any atom is -0.211 e. The SMILES string of the molecule is Cc1ccc(S(=O)(=O)NCCCSc2ccc(F)cc2)cc1C. The molecule has 0 atom stereocenters. The summed E-state index contributed by atoms with van der Waals surface area (Å²) < 4.78 is 39.8. The topological polar surface area (TPSA) is 46.2 Å². The molecule has 0 aliphatic carbocycles. The predicted octanol–water partition coefficient (Wildman–Crippen LogP) is 3.90. The Balaban J connectivity index is 1.80. The number of hydrogen-bond acceptors (Lipinski definition) is 3. The Morgan fingerprint density at radius 2 is 1.74 bits per heavy atom. The minimum absolute atomic E-state index is 0.254. The van der Waals surface area contributed by atoms with Gasteiger partial charge in [-0.1, -0.05) is 6.07 Å². The van der Waals surface area contributed by atoms with Crippen LogP contribution in [0, 0.1) is 19.7 Å². The third-order valence-electron chi connectivity index (χ3n) is 3.48. The van der Waals surface area contributed by atoms with Crippen molar-refractivity contribution in [1.82, 2.24) is 4.72 Å². The molecule has 0 saturated carbocycles. The number of nitrogens with one attached hydrogen (secondary N) is 1. The first kappa shape index (κ1) is 18.0. The Morgan fingerprint density at radius 3 is 2.39 bits per heavy atom. The molecule has 0 fully saturated rings. The molecule has 0 unspecified atom stereocenters. The van der Waals surface area contributed by atoms with Gasteiger partial charge in [0.15, 0.2) is 0 Å². The Hall–Kier alpha value is -1.37. The number of halogens is 1. The van der Waals surface area contributed by atoms with Gasteiger partial charge in [-0.15, -0.1) is 11.8 Å². The molecule has 0 aromatic heterocycles. The number of aryl methyl sites for hydroxylation is 2. The lowest BCUT2D eigenvalue weighted by Crippen LogP contribution is -2.25. The summed E-state index contributed by atoms with van der Waals surface area (Å²) in [6, 6.07) is 11.4. The van der Waals surface area contributed by atoms with Gasteiger partial charge in [0.25, 0.3) is 0 Å². The quantitative estimate of drug-likeness (QED) is 0.606. The molecule has 0 aliphatic heterocycles. The van der Waals surface area contributed by atoms with Crippen molar-refractivity contribution in [3.05, 3.63) is 59.4 Å². The molecule has 0 amide bonds. The van der Waals surface area contributed by atoms with Crippen LogP contribution in [0.2, 0.25) is 0 Å². The highest BCUT2D eigenvalue weighted by molar-refractivity contribution is 7.99. The maximum atomic E-state index is 12.8. The van der Waals surface area contributed by atoms with E-state index in [4.69, 9.17) is 0 Å². The highest BCUT2D eigenvalue weighted by Gasteiger charge is 2.13. The van der Waals surface area contributed by atoms with E-state index >= 15 is 0 Å². The Morgan fingerprint density at radius 1 is 1.04 bits per heavy atom. The van der Waals surface area contributed by atoms with Crippen LogP contribution >= 0.6 is 11.8 Å². The van der Waals surface area contributed by atoms with Crippen LogP contribution in [-0.2, 0) is 10.0 Å². The van der Waals surface area contributed by atoms with Crippen molar-refractivity contribution < 1.29 is 12.8 Å². The Kier molecular flexibility index (Phi) is 6.21. The molecule has 3 nitrogen and oxygen atoms in total. The zero-order valence-corrected chi connectivity index (χ0v) is 14.8. The van der Waals surface area contributed by atoms with Crippen LogP contribution in [0.3, 0.4) is 0 Å². The van der Waals surface area contributed by atoms with Crippen molar-refractivity contribution in [2.24, 2.45) is 0 Å². The van der Waals surface area contributed by atoms with Crippen LogP contribution in [0.4, 0.5) is 4.39 Å². The molecular weight excluding hydrogens is 333 g/mol. The van der Waals surface area contributed by atoms with E-state index in [9.17, 15) is 12.8 Å². The van der Waals surface area contributed by atoms with Crippen LogP contribution in [-0.4, -0.2) is 20.7 Å². The average molecular weight is 353 g/mol. The number of thioether (sulfide) groups is 1. The molecule has 124 valence electrons. The van der Waals surface area contributed by atoms with Gasteiger partial charge in [0.2, 0.25) is 10.0 Å². The highest BCUT2D eigenvalue weighted by Crippen LogP contribution is 2.19. The number of rotatable bonds is 7. The second kappa shape index (κ2) is 7.95. The summed E-state index contributed by atoms with van der Waals surface area (Å²) in [7, 11) is -3.46. The molecule has 0 aliphatic rings. The second-order valence-corrected chi connectivity index (χ2v) is 8.24. The summed E-state index contributed by atoms with van der Waals surface area (Å²) in [4.78, 5) is 1.27. The molecular formula is C17H20FNO2S2. The van der Waals surface area contributed by atoms with E-state index < -0.39 is 10.0 Å². The summed E-state index contributed by atoms with van der Waals surface area (Å²) in [6.45, 7) is 4.23. The normalized spacial score (nSPS) is 11.6. The highest BCUT2D eigenvalue weighted by atomic mass is 32.2. The fourth-order valence-electron chi connectivity index (χ4n) is 1.96. The van der Waals surface area contributed by atoms with Crippen LogP contribution in [0.5, 0.6) is 0 Å². The summed E-state index contributed by atoms with van der Waals surface area (Å²) in [6.07, 6.45) is 0.701. The smallest absolute Gasteiger partial charge is 0.211 e. The first-order valence-electron chi connectivity index (χ1n) is 7.34. The van der Waals surface area contributed by atoms with Gasteiger partial charge < -0.3 is 0 Å². The van der Waals surface area contributed by atoms with Gasteiger partial charge in [-0.05, 0) is 73.5 Å². The Labute approximate surface area is 141 Å². The fraction of sp³-hybridized carbons (Fsp3) is 0.294. The van der Waals surface area contributed by atoms with Gasteiger partial charge in [0.1, 0.15) is 5.82 Å². The first-order valence-corrected chi connectivity index (χ1v) is 9.81. The van der Waals surface area contributed by atoms with Crippen molar-refractivity contribution in [2.45, 2.75) is 30.1 Å². The van der Waals surface area contributed by atoms with Crippen molar-refractivity contribution in [1.29, 1.82) is 0 Å². The van der Waals surface area contributed by atoms with E-state index in [0.29, 0.717) is 17.9 Å². The maximum Gasteiger partial charge on any atom is 0.240 e. The second-order valence-electron chi connectivity index (χ2n) is 5.30. The van der Waals surface area contributed by atoms with Crippen molar-refractivity contribution in [3.8, 4) is 0 Å². The third kappa shape index (κ3) is 5.34. The number of sulfonamides is 1. The molecule has 0 bridgehead atoms. The average Bonchev–Trinajstić information content (AvgIpc) is 2.51. The number of hydrogen-bond donors (Lipinski definition) is 1.